The van der Waals surface area contributed by atoms with Gasteiger partial charge in [0.1, 0.15) is 0 Å². The van der Waals surface area contributed by atoms with E-state index in [9.17, 15) is 4.55 Å². The zero-order chi connectivity index (χ0) is 11.4. The third kappa shape index (κ3) is 18.3. The predicted octanol–water partition coefficient (Wildman–Crippen LogP) is 2.35. The van der Waals surface area contributed by atoms with Gasteiger partial charge in [-0.15, -0.1) is 0 Å². The summed E-state index contributed by atoms with van der Waals surface area (Å²) >= 11 is 8.30. The first-order valence-electron chi connectivity index (χ1n) is 4.00. The molecule has 84 valence electrons. The normalized spacial score (nSPS) is 19.6. The van der Waals surface area contributed by atoms with E-state index in [-0.39, 0.29) is 21.1 Å². The summed E-state index contributed by atoms with van der Waals surface area (Å²) < 4.78 is 9.60. The quantitative estimate of drug-likeness (QED) is 0.402. The number of hydrogen-bond acceptors (Lipinski definition) is 4. The first-order chi connectivity index (χ1) is 7.27. The zero-order valence-electron chi connectivity index (χ0n) is 8.22. The Labute approximate surface area is 130 Å². The summed E-state index contributed by atoms with van der Waals surface area (Å²) in [5.41, 5.74) is 0. The van der Waals surface area contributed by atoms with E-state index in [1.807, 2.05) is 64.2 Å². The SMILES string of the molecule is [CH]1[CH][CH][CH][CH]1.[CH]1[CH][CH][CH][CH]1.[Mo+4].[O-]S(=S)S[S-]. The fourth-order valence-electron chi connectivity index (χ4n) is 0.642. The molecule has 2 saturated carbocycles. The van der Waals surface area contributed by atoms with Crippen LogP contribution in [0.4, 0.5) is 0 Å². The van der Waals surface area contributed by atoms with E-state index in [4.69, 9.17) is 0 Å². The van der Waals surface area contributed by atoms with Gasteiger partial charge in [-0.25, -0.2) is 0 Å². The van der Waals surface area contributed by atoms with E-state index in [1.165, 1.54) is 0 Å². The fourth-order valence-corrected chi connectivity index (χ4v) is 0.642. The van der Waals surface area contributed by atoms with E-state index in [0.29, 0.717) is 0 Å². The van der Waals surface area contributed by atoms with Gasteiger partial charge in [-0.3, -0.25) is 9.83 Å². The molecule has 0 N–H and O–H groups in total. The zero-order valence-corrected chi connectivity index (χ0v) is 13.5. The van der Waals surface area contributed by atoms with Gasteiger partial charge in [-0.05, 0) is 64.2 Å². The van der Waals surface area contributed by atoms with Crippen molar-refractivity contribution in [3.63, 3.8) is 0 Å². The van der Waals surface area contributed by atoms with E-state index in [2.05, 4.69) is 22.8 Å². The molecule has 0 heterocycles. The molecule has 0 spiro atoms. The van der Waals surface area contributed by atoms with E-state index < -0.39 is 8.77 Å². The second-order valence-electron chi connectivity index (χ2n) is 2.20. The first-order valence-corrected chi connectivity index (χ1v) is 8.33. The molecule has 2 fully saturated rings. The first kappa shape index (κ1) is 20.2. The van der Waals surface area contributed by atoms with Crippen molar-refractivity contribution >= 4 is 41.4 Å². The Balaban J connectivity index is 0. The average molecular weight is 370 g/mol. The van der Waals surface area contributed by atoms with Gasteiger partial charge in [-0.1, -0.05) is 11.2 Å². The summed E-state index contributed by atoms with van der Waals surface area (Å²) in [7, 11) is -0.508. The van der Waals surface area contributed by atoms with Crippen molar-refractivity contribution < 1.29 is 25.6 Å². The maximum absolute atomic E-state index is 9.60. The van der Waals surface area contributed by atoms with Gasteiger partial charge in [-0.2, -0.15) is 8.77 Å². The summed E-state index contributed by atoms with van der Waals surface area (Å²) in [6.07, 6.45) is 20.0. The van der Waals surface area contributed by atoms with Crippen LogP contribution in [-0.4, -0.2) is 4.55 Å². The largest absolute Gasteiger partial charge is 4.00 e. The van der Waals surface area contributed by atoms with Gasteiger partial charge in [0.2, 0.25) is 0 Å². The minimum atomic E-state index is -1.26. The minimum absolute atomic E-state index is 0. The maximum atomic E-state index is 9.60. The second-order valence-corrected chi connectivity index (χ2v) is 6.82. The second kappa shape index (κ2) is 16.9. The van der Waals surface area contributed by atoms with Gasteiger partial charge >= 0.3 is 21.1 Å². The standard InChI is InChI=1S/2C5H5.Mo.H2OS4/c2*1-2-4-5-3-1;;1-5(3)4-2/h2*1-5H;;2H,(H,1,3)/q;;+4;/p-2. The molecule has 0 aromatic rings. The van der Waals surface area contributed by atoms with Crippen molar-refractivity contribution in [2.75, 3.05) is 0 Å². The molecule has 1 atom stereocenters. The monoisotopic (exact) mass is 372 g/mol. The van der Waals surface area contributed by atoms with E-state index >= 15 is 0 Å². The molecule has 0 amide bonds. The maximum Gasteiger partial charge on any atom is 4.00 e. The molecule has 0 aliphatic heterocycles. The minimum Gasteiger partial charge on any atom is -0.787 e. The summed E-state index contributed by atoms with van der Waals surface area (Å²) in [5, 5.41) is 0. The molecular formula is C10H10MoOS4+2. The summed E-state index contributed by atoms with van der Waals surface area (Å²) in [4.78, 5) is 0. The van der Waals surface area contributed by atoms with Crippen LogP contribution in [0.25, 0.3) is 0 Å². The van der Waals surface area contributed by atoms with E-state index in [0.717, 1.165) is 9.83 Å². The van der Waals surface area contributed by atoms with Crippen LogP contribution in [-0.2, 0) is 52.7 Å². The Morgan fingerprint density at radius 2 is 0.938 bits per heavy atom. The van der Waals surface area contributed by atoms with Crippen LogP contribution in [0.2, 0.25) is 0 Å². The van der Waals surface area contributed by atoms with Crippen LogP contribution in [0.15, 0.2) is 0 Å². The Morgan fingerprint density at radius 3 is 1.00 bits per heavy atom. The van der Waals surface area contributed by atoms with Crippen LogP contribution in [0.1, 0.15) is 0 Å². The molecule has 0 saturated heterocycles. The van der Waals surface area contributed by atoms with Gasteiger partial charge in [0.15, 0.2) is 0 Å². The fraction of sp³-hybridized carbons (Fsp3) is 0. The molecule has 0 aromatic heterocycles. The molecule has 2 rings (SSSR count). The smallest absolute Gasteiger partial charge is 0.787 e. The molecule has 10 radical (unpaired) electrons. The summed E-state index contributed by atoms with van der Waals surface area (Å²) in [6, 6.07) is 0. The van der Waals surface area contributed by atoms with Crippen molar-refractivity contribution in [1.29, 1.82) is 0 Å². The Hall–Kier alpha value is 1.92. The predicted molar refractivity (Wildman–Crippen MR) is 73.5 cm³/mol. The molecule has 16 heavy (non-hydrogen) atoms. The third-order valence-electron chi connectivity index (χ3n) is 1.17. The van der Waals surface area contributed by atoms with Gasteiger partial charge in [0.25, 0.3) is 0 Å². The molecule has 1 unspecified atom stereocenters. The van der Waals surface area contributed by atoms with Crippen LogP contribution in [0.5, 0.6) is 0 Å². The Kier molecular flexibility index (Phi) is 21.4. The molecular weight excluding hydrogens is 360 g/mol. The van der Waals surface area contributed by atoms with Crippen LogP contribution in [0, 0.1) is 64.2 Å². The number of hydrogen-bond donors (Lipinski definition) is 0. The molecule has 1 nitrogen and oxygen atoms in total. The molecule has 6 heteroatoms. The van der Waals surface area contributed by atoms with Gasteiger partial charge < -0.3 is 16.2 Å². The van der Waals surface area contributed by atoms with Crippen LogP contribution < -0.4 is 0 Å². The summed E-state index contributed by atoms with van der Waals surface area (Å²) in [5.74, 6) is 0. The molecule has 2 aliphatic carbocycles. The van der Waals surface area contributed by atoms with Gasteiger partial charge in [0, 0.05) is 0 Å². The van der Waals surface area contributed by atoms with Crippen LogP contribution >= 0.6 is 9.83 Å². The van der Waals surface area contributed by atoms with Crippen molar-refractivity contribution in [2.24, 2.45) is 0 Å². The average Bonchev–Trinajstić information content (AvgIpc) is 2.96. The van der Waals surface area contributed by atoms with E-state index in [1.54, 1.807) is 0 Å². The van der Waals surface area contributed by atoms with Crippen molar-refractivity contribution in [1.82, 2.24) is 0 Å². The molecule has 0 aromatic carbocycles. The van der Waals surface area contributed by atoms with Crippen LogP contribution in [0.3, 0.4) is 0 Å². The molecule has 0 bridgehead atoms. The Bertz CT molecular complexity index is 125. The van der Waals surface area contributed by atoms with Crippen molar-refractivity contribution in [3.8, 4) is 0 Å². The van der Waals surface area contributed by atoms with Gasteiger partial charge in [0.05, 0.1) is 0 Å². The van der Waals surface area contributed by atoms with Crippen molar-refractivity contribution in [2.45, 2.75) is 0 Å². The molecule has 2 aliphatic rings. The summed E-state index contributed by atoms with van der Waals surface area (Å²) in [6.45, 7) is 0. The third-order valence-corrected chi connectivity index (χ3v) is 4.11. The number of rotatable bonds is 1. The van der Waals surface area contributed by atoms with Crippen molar-refractivity contribution in [3.05, 3.63) is 64.2 Å². The Morgan fingerprint density at radius 1 is 0.812 bits per heavy atom. The topological polar surface area (TPSA) is 23.1 Å².